The zero-order valence-electron chi connectivity index (χ0n) is 13.5. The number of amides is 1. The first-order chi connectivity index (χ1) is 11.3. The maximum Gasteiger partial charge on any atom is 0.387 e. The topological polar surface area (TPSA) is 67.0 Å². The number of alkyl halides is 2. The van der Waals surface area contributed by atoms with E-state index in [-0.39, 0.29) is 23.9 Å². The fourth-order valence-corrected chi connectivity index (χ4v) is 2.65. The smallest absolute Gasteiger partial charge is 0.387 e. The van der Waals surface area contributed by atoms with Crippen molar-refractivity contribution < 1.29 is 22.7 Å². The maximum atomic E-state index is 13.6. The summed E-state index contributed by atoms with van der Waals surface area (Å²) in [4.78, 5) is 12.1. The summed E-state index contributed by atoms with van der Waals surface area (Å²) in [5, 5.41) is 9.50. The molecular weight excluding hydrogens is 323 g/mol. The van der Waals surface area contributed by atoms with Crippen LogP contribution in [0.3, 0.4) is 0 Å². The Hall–Kier alpha value is -2.51. The molecule has 5 nitrogen and oxygen atoms in total. The molecule has 0 unspecified atom stereocenters. The zero-order valence-corrected chi connectivity index (χ0v) is 13.5. The number of nitrogens with one attached hydrogen (secondary N) is 2. The third-order valence-electron chi connectivity index (χ3n) is 3.60. The first-order valence-corrected chi connectivity index (χ1v) is 7.33. The summed E-state index contributed by atoms with van der Waals surface area (Å²) in [6, 6.07) is 3.29. The van der Waals surface area contributed by atoms with Crippen LogP contribution in [0.5, 0.6) is 5.75 Å². The number of anilines is 1. The molecule has 1 aromatic heterocycles. The number of aryl methyl sites for hydroxylation is 2. The van der Waals surface area contributed by atoms with Crippen molar-refractivity contribution in [3.05, 3.63) is 41.0 Å². The molecule has 1 heterocycles. The van der Waals surface area contributed by atoms with E-state index in [1.54, 1.807) is 0 Å². The summed E-state index contributed by atoms with van der Waals surface area (Å²) in [5.41, 5.74) is 2.86. The number of nitrogens with zero attached hydrogens (tertiary/aromatic N) is 1. The number of carbonyl (C=O) groups excluding carboxylic acids is 1. The van der Waals surface area contributed by atoms with Crippen LogP contribution >= 0.6 is 0 Å². The van der Waals surface area contributed by atoms with Gasteiger partial charge in [0.15, 0.2) is 11.6 Å². The first kappa shape index (κ1) is 17.8. The Kier molecular flexibility index (Phi) is 5.48. The molecule has 0 bridgehead atoms. The van der Waals surface area contributed by atoms with Gasteiger partial charge in [-0.25, -0.2) is 4.39 Å². The van der Waals surface area contributed by atoms with Gasteiger partial charge in [0, 0.05) is 23.9 Å². The minimum atomic E-state index is -3.11. The summed E-state index contributed by atoms with van der Waals surface area (Å²) in [6.07, 6.45) is 0.179. The second kappa shape index (κ2) is 7.37. The van der Waals surface area contributed by atoms with Crippen molar-refractivity contribution in [2.24, 2.45) is 0 Å². The summed E-state index contributed by atoms with van der Waals surface area (Å²) in [6.45, 7) is 2.51. The Morgan fingerprint density at radius 3 is 2.62 bits per heavy atom. The number of hydrogen-bond donors (Lipinski definition) is 2. The predicted molar refractivity (Wildman–Crippen MR) is 82.8 cm³/mol. The number of rotatable bonds is 6. The molecule has 0 aliphatic carbocycles. The lowest BCUT2D eigenvalue weighted by molar-refractivity contribution is -0.116. The Morgan fingerprint density at radius 1 is 1.38 bits per heavy atom. The minimum absolute atomic E-state index is 0.0740. The predicted octanol–water partition coefficient (Wildman–Crippen LogP) is 3.90. The monoisotopic (exact) mass is 341 g/mol. The van der Waals surface area contributed by atoms with Crippen molar-refractivity contribution in [3.8, 4) is 5.75 Å². The van der Waals surface area contributed by atoms with E-state index in [4.69, 9.17) is 0 Å². The van der Waals surface area contributed by atoms with E-state index in [9.17, 15) is 18.0 Å². The number of ether oxygens (including phenoxy) is 1. The average Bonchev–Trinajstić information content (AvgIpc) is 2.80. The Bertz CT molecular complexity index is 712. The molecule has 0 saturated carbocycles. The number of benzene rings is 1. The van der Waals surface area contributed by atoms with Crippen LogP contribution in [0.1, 0.15) is 36.2 Å². The van der Waals surface area contributed by atoms with Crippen LogP contribution in [-0.4, -0.2) is 22.7 Å². The number of hydrogen-bond acceptors (Lipinski definition) is 3. The molecule has 1 amide bonds. The van der Waals surface area contributed by atoms with Gasteiger partial charge in [-0.2, -0.15) is 13.9 Å². The van der Waals surface area contributed by atoms with Crippen molar-refractivity contribution >= 4 is 11.6 Å². The third kappa shape index (κ3) is 4.27. The SMILES string of the molecule is Cc1n[nH]c(C)c1[C@@H](C)CC(=O)Nc1ccc(OC(F)F)c(F)c1. The molecule has 130 valence electrons. The van der Waals surface area contributed by atoms with E-state index in [0.717, 1.165) is 29.1 Å². The number of aromatic nitrogens is 2. The van der Waals surface area contributed by atoms with Gasteiger partial charge in [-0.15, -0.1) is 0 Å². The van der Waals surface area contributed by atoms with Gasteiger partial charge < -0.3 is 10.1 Å². The fourth-order valence-electron chi connectivity index (χ4n) is 2.65. The quantitative estimate of drug-likeness (QED) is 0.837. The molecule has 1 atom stereocenters. The van der Waals surface area contributed by atoms with E-state index in [1.807, 2.05) is 20.8 Å². The van der Waals surface area contributed by atoms with Gasteiger partial charge in [0.25, 0.3) is 0 Å². The second-order valence-corrected chi connectivity index (χ2v) is 5.52. The number of aromatic amines is 1. The van der Waals surface area contributed by atoms with Gasteiger partial charge in [0.2, 0.25) is 5.91 Å². The molecule has 0 fully saturated rings. The molecule has 0 radical (unpaired) electrons. The third-order valence-corrected chi connectivity index (χ3v) is 3.60. The normalized spacial score (nSPS) is 12.3. The van der Waals surface area contributed by atoms with Gasteiger partial charge in [0.05, 0.1) is 5.69 Å². The Morgan fingerprint density at radius 2 is 2.08 bits per heavy atom. The van der Waals surface area contributed by atoms with Crippen LogP contribution in [-0.2, 0) is 4.79 Å². The van der Waals surface area contributed by atoms with Gasteiger partial charge >= 0.3 is 6.61 Å². The largest absolute Gasteiger partial charge is 0.432 e. The molecule has 2 N–H and O–H groups in total. The van der Waals surface area contributed by atoms with E-state index in [0.29, 0.717) is 0 Å². The van der Waals surface area contributed by atoms with Crippen molar-refractivity contribution in [3.63, 3.8) is 0 Å². The molecule has 0 aliphatic rings. The second-order valence-electron chi connectivity index (χ2n) is 5.52. The van der Waals surface area contributed by atoms with E-state index in [2.05, 4.69) is 20.3 Å². The molecule has 0 spiro atoms. The van der Waals surface area contributed by atoms with E-state index < -0.39 is 18.2 Å². The van der Waals surface area contributed by atoms with Crippen molar-refractivity contribution in [1.82, 2.24) is 10.2 Å². The van der Waals surface area contributed by atoms with Crippen LogP contribution in [0.4, 0.5) is 18.9 Å². The first-order valence-electron chi connectivity index (χ1n) is 7.33. The lowest BCUT2D eigenvalue weighted by Gasteiger charge is -2.13. The standard InChI is InChI=1S/C16H18F3N3O2/c1-8(15-9(2)21-22-10(15)3)6-14(23)20-11-4-5-13(12(17)7-11)24-16(18)19/h4-5,7-8,16H,6H2,1-3H3,(H,20,23)(H,21,22)/t8-/m0/s1. The highest BCUT2D eigenvalue weighted by molar-refractivity contribution is 5.91. The number of halogens is 3. The van der Waals surface area contributed by atoms with Crippen LogP contribution in [0.15, 0.2) is 18.2 Å². The van der Waals surface area contributed by atoms with Gasteiger partial charge in [-0.1, -0.05) is 6.92 Å². The van der Waals surface area contributed by atoms with Crippen molar-refractivity contribution in [1.29, 1.82) is 0 Å². The molecular formula is C16H18F3N3O2. The highest BCUT2D eigenvalue weighted by atomic mass is 19.3. The summed E-state index contributed by atoms with van der Waals surface area (Å²) in [7, 11) is 0. The lowest BCUT2D eigenvalue weighted by atomic mass is 9.95. The lowest BCUT2D eigenvalue weighted by Crippen LogP contribution is -2.15. The van der Waals surface area contributed by atoms with Crippen molar-refractivity contribution in [2.75, 3.05) is 5.32 Å². The van der Waals surface area contributed by atoms with Gasteiger partial charge in [0.1, 0.15) is 0 Å². The summed E-state index contributed by atoms with van der Waals surface area (Å²) < 4.78 is 41.8. The Labute approximate surface area is 137 Å². The molecule has 8 heteroatoms. The molecule has 24 heavy (non-hydrogen) atoms. The molecule has 0 aliphatic heterocycles. The minimum Gasteiger partial charge on any atom is -0.432 e. The number of H-pyrrole nitrogens is 1. The van der Waals surface area contributed by atoms with Crippen molar-refractivity contribution in [2.45, 2.75) is 39.7 Å². The fraction of sp³-hybridized carbons (Fsp3) is 0.375. The zero-order chi connectivity index (χ0) is 17.9. The van der Waals surface area contributed by atoms with Crippen LogP contribution in [0.25, 0.3) is 0 Å². The maximum absolute atomic E-state index is 13.6. The Balaban J connectivity index is 2.01. The molecule has 2 rings (SSSR count). The average molecular weight is 341 g/mol. The molecule has 1 aromatic carbocycles. The van der Waals surface area contributed by atoms with E-state index in [1.165, 1.54) is 6.07 Å². The van der Waals surface area contributed by atoms with Gasteiger partial charge in [-0.05, 0) is 37.5 Å². The highest BCUT2D eigenvalue weighted by Gasteiger charge is 2.18. The van der Waals surface area contributed by atoms with Gasteiger partial charge in [-0.3, -0.25) is 9.89 Å². The molecule has 0 saturated heterocycles. The summed E-state index contributed by atoms with van der Waals surface area (Å²) in [5.74, 6) is -1.93. The van der Waals surface area contributed by atoms with E-state index >= 15 is 0 Å². The molecule has 2 aromatic rings. The summed E-state index contributed by atoms with van der Waals surface area (Å²) >= 11 is 0. The van der Waals surface area contributed by atoms with Crippen LogP contribution in [0, 0.1) is 19.7 Å². The highest BCUT2D eigenvalue weighted by Crippen LogP contribution is 2.26. The number of carbonyl (C=O) groups is 1. The van der Waals surface area contributed by atoms with Crippen LogP contribution < -0.4 is 10.1 Å². The van der Waals surface area contributed by atoms with Crippen LogP contribution in [0.2, 0.25) is 0 Å².